The second-order valence-electron chi connectivity index (χ2n) is 15.3. The summed E-state index contributed by atoms with van der Waals surface area (Å²) in [5.41, 5.74) is 0. The number of esters is 1. The summed E-state index contributed by atoms with van der Waals surface area (Å²) >= 11 is 0. The third-order valence-electron chi connectivity index (χ3n) is 8.69. The second kappa shape index (κ2) is 39.5. The van der Waals surface area contributed by atoms with Gasteiger partial charge in [0.1, 0.15) is 19.3 Å². The van der Waals surface area contributed by atoms with Crippen molar-refractivity contribution in [3.8, 4) is 0 Å². The van der Waals surface area contributed by atoms with Crippen molar-refractivity contribution < 1.29 is 37.3 Å². The second-order valence-corrected chi connectivity index (χ2v) is 16.8. The monoisotopic (exact) mass is 805 g/mol. The number of hydrogen-bond acceptors (Lipinski definition) is 6. The molecule has 322 valence electrons. The molecule has 2 atom stereocenters. The zero-order valence-electron chi connectivity index (χ0n) is 36.3. The number of carbonyl (C=O) groups is 1. The first-order valence-electron chi connectivity index (χ1n) is 21.8. The summed E-state index contributed by atoms with van der Waals surface area (Å²) in [4.78, 5) is 22.9. The van der Waals surface area contributed by atoms with Gasteiger partial charge >= 0.3 is 13.8 Å². The number of rotatable bonds is 39. The molecule has 56 heavy (non-hydrogen) atoms. The van der Waals surface area contributed by atoms with Crippen LogP contribution in [0.25, 0.3) is 0 Å². The minimum Gasteiger partial charge on any atom is -0.457 e. The summed E-state index contributed by atoms with van der Waals surface area (Å²) in [7, 11) is 1.61. The lowest BCUT2D eigenvalue weighted by molar-refractivity contribution is -0.870. The first kappa shape index (κ1) is 53.7. The van der Waals surface area contributed by atoms with Crippen LogP contribution >= 0.6 is 7.82 Å². The Hall–Kier alpha value is -2.32. The van der Waals surface area contributed by atoms with Gasteiger partial charge in [0.05, 0.1) is 34.4 Å². The van der Waals surface area contributed by atoms with Crippen LogP contribution in [-0.4, -0.2) is 75.6 Å². The van der Waals surface area contributed by atoms with Crippen LogP contribution in [0.5, 0.6) is 0 Å². The predicted molar refractivity (Wildman–Crippen MR) is 238 cm³/mol. The summed E-state index contributed by atoms with van der Waals surface area (Å²) in [5.74, 6) is -0.377. The Bertz CT molecular complexity index is 1170. The molecule has 0 aliphatic carbocycles. The van der Waals surface area contributed by atoms with E-state index in [1.165, 1.54) is 51.4 Å². The molecule has 0 aromatic carbocycles. The molecule has 8 nitrogen and oxygen atoms in total. The number of carbonyl (C=O) groups excluding carboxylic acids is 1. The number of hydrogen-bond donors (Lipinski definition) is 1. The Morgan fingerprint density at radius 2 is 1.04 bits per heavy atom. The fourth-order valence-electron chi connectivity index (χ4n) is 5.32. The fraction of sp³-hybridized carbons (Fsp3) is 0.681. The minimum absolute atomic E-state index is 0.0711. The third kappa shape index (κ3) is 42.8. The van der Waals surface area contributed by atoms with Crippen LogP contribution in [0.1, 0.15) is 149 Å². The number of phosphoric acid groups is 1. The highest BCUT2D eigenvalue weighted by molar-refractivity contribution is 7.47. The Morgan fingerprint density at radius 3 is 1.55 bits per heavy atom. The number of ether oxygens (including phenoxy) is 2. The van der Waals surface area contributed by atoms with Crippen LogP contribution in [0.4, 0.5) is 0 Å². The number of unbranched alkanes of at least 4 members (excludes halogenated alkanes) is 11. The van der Waals surface area contributed by atoms with Gasteiger partial charge in [-0.25, -0.2) is 4.57 Å². The SMILES string of the molecule is CC/C=C\C/C=C\C/C=C\C/C=C\C/C=C\CCCC(=O)OC(COCCCCCCCC/C=C\C/C=C\CCCCCC)COP(=O)(O)OCC[N+](C)(C)C. The van der Waals surface area contributed by atoms with E-state index in [1.54, 1.807) is 0 Å². The molecular weight excluding hydrogens is 721 g/mol. The number of likely N-dealkylation sites (N-methyl/N-ethyl adjacent to an activating group) is 1. The van der Waals surface area contributed by atoms with Crippen molar-refractivity contribution in [2.45, 2.75) is 155 Å². The van der Waals surface area contributed by atoms with Crippen LogP contribution in [-0.2, 0) is 27.9 Å². The minimum atomic E-state index is -4.30. The van der Waals surface area contributed by atoms with E-state index in [9.17, 15) is 14.3 Å². The van der Waals surface area contributed by atoms with Crippen molar-refractivity contribution in [1.82, 2.24) is 0 Å². The lowest BCUT2D eigenvalue weighted by atomic mass is 10.1. The number of phosphoric ester groups is 1. The lowest BCUT2D eigenvalue weighted by Crippen LogP contribution is -2.37. The normalized spacial score (nSPS) is 14.6. The standard InChI is InChI=1S/C47H82NO7P/c1-6-8-10-12-14-16-18-20-22-24-26-28-30-32-34-36-38-40-47(49)55-46(45-54-56(50,51)53-43-41-48(3,4)5)44-52-42-39-37-35-33-31-29-27-25-23-21-19-17-15-13-11-9-7-2/h8,10,14,16-17,19-20,22-23,25-26,28,32,34,46H,6-7,9,11-13,15,18,21,24,27,29-31,33,35-45H2,1-5H3/p+1/b10-8-,16-14-,19-17-,22-20-,25-23-,28-26-,34-32-. The van der Waals surface area contributed by atoms with Crippen molar-refractivity contribution in [3.63, 3.8) is 0 Å². The molecule has 9 heteroatoms. The summed E-state index contributed by atoms with van der Waals surface area (Å²) in [5, 5.41) is 0. The first-order valence-corrected chi connectivity index (χ1v) is 23.3. The van der Waals surface area contributed by atoms with Crippen LogP contribution in [0, 0.1) is 0 Å². The van der Waals surface area contributed by atoms with Gasteiger partial charge < -0.3 is 18.9 Å². The van der Waals surface area contributed by atoms with E-state index >= 15 is 0 Å². The van der Waals surface area contributed by atoms with Crippen molar-refractivity contribution in [2.75, 3.05) is 54.1 Å². The highest BCUT2D eigenvalue weighted by Crippen LogP contribution is 2.43. The Kier molecular flexibility index (Phi) is 37.9. The molecule has 0 radical (unpaired) electrons. The zero-order valence-corrected chi connectivity index (χ0v) is 37.2. The fourth-order valence-corrected chi connectivity index (χ4v) is 6.06. The molecular formula is C47H83NO7P+. The molecule has 0 aromatic rings. The average molecular weight is 805 g/mol. The maximum atomic E-state index is 12.7. The molecule has 0 spiro atoms. The molecule has 0 saturated heterocycles. The topological polar surface area (TPSA) is 91.3 Å². The van der Waals surface area contributed by atoms with Crippen molar-refractivity contribution in [3.05, 3.63) is 85.1 Å². The maximum Gasteiger partial charge on any atom is 0.472 e. The largest absolute Gasteiger partial charge is 0.472 e. The maximum absolute atomic E-state index is 12.7. The molecule has 0 heterocycles. The molecule has 0 rings (SSSR count). The van der Waals surface area contributed by atoms with Crippen LogP contribution in [0.3, 0.4) is 0 Å². The van der Waals surface area contributed by atoms with Gasteiger partial charge in [-0.3, -0.25) is 13.8 Å². The van der Waals surface area contributed by atoms with Crippen molar-refractivity contribution in [1.29, 1.82) is 0 Å². The van der Waals surface area contributed by atoms with Gasteiger partial charge in [-0.05, 0) is 83.5 Å². The van der Waals surface area contributed by atoms with E-state index in [0.717, 1.165) is 70.6 Å². The molecule has 2 unspecified atom stereocenters. The summed E-state index contributed by atoms with van der Waals surface area (Å²) < 4.78 is 34.9. The lowest BCUT2D eigenvalue weighted by Gasteiger charge is -2.24. The first-order chi connectivity index (χ1) is 27.1. The van der Waals surface area contributed by atoms with Gasteiger partial charge in [-0.15, -0.1) is 0 Å². The molecule has 1 N–H and O–H groups in total. The smallest absolute Gasteiger partial charge is 0.457 e. The van der Waals surface area contributed by atoms with Gasteiger partial charge in [0.15, 0.2) is 0 Å². The van der Waals surface area contributed by atoms with E-state index < -0.39 is 13.9 Å². The van der Waals surface area contributed by atoms with E-state index in [4.69, 9.17) is 18.5 Å². The molecule has 0 saturated carbocycles. The Balaban J connectivity index is 4.38. The number of nitrogens with zero attached hydrogens (tertiary/aromatic N) is 1. The van der Waals surface area contributed by atoms with E-state index in [-0.39, 0.29) is 32.2 Å². The highest BCUT2D eigenvalue weighted by atomic mass is 31.2. The third-order valence-corrected chi connectivity index (χ3v) is 9.67. The van der Waals surface area contributed by atoms with E-state index in [2.05, 4.69) is 98.9 Å². The number of allylic oxidation sites excluding steroid dienone is 14. The molecule has 0 bridgehead atoms. The number of quaternary nitrogens is 1. The molecule has 0 aliphatic rings. The highest BCUT2D eigenvalue weighted by Gasteiger charge is 2.26. The van der Waals surface area contributed by atoms with Gasteiger partial charge in [-0.2, -0.15) is 0 Å². The predicted octanol–water partition coefficient (Wildman–Crippen LogP) is 12.9. The Labute approximate surface area is 344 Å². The van der Waals surface area contributed by atoms with Gasteiger partial charge in [0, 0.05) is 13.0 Å². The average Bonchev–Trinajstić information content (AvgIpc) is 3.15. The summed E-state index contributed by atoms with van der Waals surface area (Å²) in [6.07, 6.45) is 52.0. The van der Waals surface area contributed by atoms with Crippen LogP contribution < -0.4 is 0 Å². The van der Waals surface area contributed by atoms with Crippen molar-refractivity contribution in [2.24, 2.45) is 0 Å². The van der Waals surface area contributed by atoms with Gasteiger partial charge in [-0.1, -0.05) is 144 Å². The van der Waals surface area contributed by atoms with Crippen molar-refractivity contribution >= 4 is 13.8 Å². The summed E-state index contributed by atoms with van der Waals surface area (Å²) in [6, 6.07) is 0. The molecule has 0 aromatic heterocycles. The zero-order chi connectivity index (χ0) is 41.3. The van der Waals surface area contributed by atoms with Crippen LogP contribution in [0.15, 0.2) is 85.1 Å². The van der Waals surface area contributed by atoms with Gasteiger partial charge in [0.2, 0.25) is 0 Å². The van der Waals surface area contributed by atoms with Crippen LogP contribution in [0.2, 0.25) is 0 Å². The molecule has 0 aliphatic heterocycles. The Morgan fingerprint density at radius 1 is 0.571 bits per heavy atom. The van der Waals surface area contributed by atoms with E-state index in [0.29, 0.717) is 24.1 Å². The molecule has 0 fully saturated rings. The van der Waals surface area contributed by atoms with Gasteiger partial charge in [0.25, 0.3) is 0 Å². The molecule has 0 amide bonds. The quantitative estimate of drug-likeness (QED) is 0.0217. The van der Waals surface area contributed by atoms with E-state index in [1.807, 2.05) is 21.1 Å². The summed E-state index contributed by atoms with van der Waals surface area (Å²) in [6.45, 7) is 5.36.